The molecule has 0 fully saturated rings. The number of hydrogen-bond acceptors (Lipinski definition) is 6. The van der Waals surface area contributed by atoms with Gasteiger partial charge in [-0.3, -0.25) is 19.3 Å². The lowest BCUT2D eigenvalue weighted by atomic mass is 10.1. The summed E-state index contributed by atoms with van der Waals surface area (Å²) in [6.45, 7) is 1.28. The topological polar surface area (TPSA) is 105 Å². The lowest BCUT2D eigenvalue weighted by molar-refractivity contribution is -0.144. The molecule has 3 rings (SSSR count). The van der Waals surface area contributed by atoms with Gasteiger partial charge in [-0.2, -0.15) is 0 Å². The first-order valence-corrected chi connectivity index (χ1v) is 10.4. The standard InChI is InChI=1S/C21H20FN3O5S/c1-12(26)23-16(21(29)30-2)10-31-11-19(27)25-17-8-7-13(22)9-14(17)20(28)24-15-5-3-4-6-18(15)25/h3-9,16H,10-11H2,1-2H3,(H,23,26)(H,24,28)/t16-/m0/s1. The molecule has 162 valence electrons. The van der Waals surface area contributed by atoms with E-state index in [2.05, 4.69) is 15.4 Å². The monoisotopic (exact) mass is 445 g/mol. The van der Waals surface area contributed by atoms with E-state index in [-0.39, 0.29) is 28.7 Å². The number of nitrogens with one attached hydrogen (secondary N) is 2. The van der Waals surface area contributed by atoms with Crippen LogP contribution >= 0.6 is 11.8 Å². The molecule has 2 N–H and O–H groups in total. The van der Waals surface area contributed by atoms with E-state index < -0.39 is 29.6 Å². The van der Waals surface area contributed by atoms with Crippen LogP contribution in [0.3, 0.4) is 0 Å². The molecule has 0 saturated carbocycles. The minimum atomic E-state index is -0.902. The van der Waals surface area contributed by atoms with E-state index in [0.717, 1.165) is 17.8 Å². The summed E-state index contributed by atoms with van der Waals surface area (Å²) in [4.78, 5) is 50.3. The SMILES string of the molecule is COC(=O)[C@H](CSCC(=O)N1c2ccccc2NC(=O)c2cc(F)ccc21)NC(C)=O. The minimum absolute atomic E-state index is 0.0280. The minimum Gasteiger partial charge on any atom is -0.467 e. The van der Waals surface area contributed by atoms with Gasteiger partial charge in [-0.1, -0.05) is 12.1 Å². The van der Waals surface area contributed by atoms with Crippen LogP contribution in [0.4, 0.5) is 21.5 Å². The summed E-state index contributed by atoms with van der Waals surface area (Å²) in [5.41, 5.74) is 1.13. The quantitative estimate of drug-likeness (QED) is 0.662. The molecule has 1 atom stereocenters. The van der Waals surface area contributed by atoms with Crippen LogP contribution < -0.4 is 15.5 Å². The highest BCUT2D eigenvalue weighted by Crippen LogP contribution is 2.38. The highest BCUT2D eigenvalue weighted by Gasteiger charge is 2.30. The lowest BCUT2D eigenvalue weighted by Gasteiger charge is -2.24. The number of amides is 3. The van der Waals surface area contributed by atoms with Gasteiger partial charge in [0.25, 0.3) is 5.91 Å². The maximum Gasteiger partial charge on any atom is 0.329 e. The van der Waals surface area contributed by atoms with Crippen LogP contribution in [0, 0.1) is 5.82 Å². The van der Waals surface area contributed by atoms with E-state index in [0.29, 0.717) is 11.4 Å². The number of anilines is 3. The molecule has 10 heteroatoms. The fraction of sp³-hybridized carbons (Fsp3) is 0.238. The zero-order chi connectivity index (χ0) is 22.5. The molecule has 0 radical (unpaired) electrons. The fourth-order valence-corrected chi connectivity index (χ4v) is 4.01. The predicted octanol–water partition coefficient (Wildman–Crippen LogP) is 2.47. The zero-order valence-electron chi connectivity index (χ0n) is 16.8. The fourth-order valence-electron chi connectivity index (χ4n) is 3.13. The second kappa shape index (κ2) is 9.61. The first kappa shape index (κ1) is 22.3. The number of carbonyl (C=O) groups is 4. The van der Waals surface area contributed by atoms with E-state index in [1.807, 2.05) is 0 Å². The smallest absolute Gasteiger partial charge is 0.329 e. The Bertz CT molecular complexity index is 1050. The number of rotatable bonds is 6. The van der Waals surface area contributed by atoms with Crippen molar-refractivity contribution < 1.29 is 28.3 Å². The summed E-state index contributed by atoms with van der Waals surface area (Å²) in [7, 11) is 1.21. The average molecular weight is 445 g/mol. The Balaban J connectivity index is 1.86. The zero-order valence-corrected chi connectivity index (χ0v) is 17.6. The average Bonchev–Trinajstić information content (AvgIpc) is 2.86. The molecule has 0 bridgehead atoms. The largest absolute Gasteiger partial charge is 0.467 e. The Morgan fingerprint density at radius 2 is 1.94 bits per heavy atom. The maximum atomic E-state index is 13.8. The van der Waals surface area contributed by atoms with Crippen LogP contribution in [0.25, 0.3) is 0 Å². The number of benzene rings is 2. The third-order valence-electron chi connectivity index (χ3n) is 4.46. The molecule has 1 aliphatic heterocycles. The highest BCUT2D eigenvalue weighted by atomic mass is 32.2. The molecule has 0 saturated heterocycles. The molecule has 8 nitrogen and oxygen atoms in total. The van der Waals surface area contributed by atoms with Gasteiger partial charge in [-0.25, -0.2) is 9.18 Å². The summed E-state index contributed by atoms with van der Waals surface area (Å²) in [5, 5.41) is 5.18. The number of para-hydroxylation sites is 2. The summed E-state index contributed by atoms with van der Waals surface area (Å²) in [6.07, 6.45) is 0. The van der Waals surface area contributed by atoms with E-state index in [9.17, 15) is 23.6 Å². The second-order valence-electron chi connectivity index (χ2n) is 6.65. The van der Waals surface area contributed by atoms with Crippen LogP contribution in [0.5, 0.6) is 0 Å². The van der Waals surface area contributed by atoms with Crippen molar-refractivity contribution in [1.82, 2.24) is 5.32 Å². The van der Waals surface area contributed by atoms with Crippen molar-refractivity contribution in [3.63, 3.8) is 0 Å². The van der Waals surface area contributed by atoms with Crippen LogP contribution in [0.2, 0.25) is 0 Å². The van der Waals surface area contributed by atoms with Crippen LogP contribution in [-0.2, 0) is 19.1 Å². The molecule has 2 aromatic carbocycles. The van der Waals surface area contributed by atoms with Gasteiger partial charge in [0.1, 0.15) is 11.9 Å². The molecule has 1 heterocycles. The van der Waals surface area contributed by atoms with Gasteiger partial charge >= 0.3 is 5.97 Å². The highest BCUT2D eigenvalue weighted by molar-refractivity contribution is 8.00. The number of hydrogen-bond donors (Lipinski definition) is 2. The van der Waals surface area contributed by atoms with E-state index in [4.69, 9.17) is 0 Å². The maximum absolute atomic E-state index is 13.8. The van der Waals surface area contributed by atoms with Crippen LogP contribution in [0.1, 0.15) is 17.3 Å². The number of halogens is 1. The Morgan fingerprint density at radius 1 is 1.19 bits per heavy atom. The van der Waals surface area contributed by atoms with Crippen molar-refractivity contribution in [3.8, 4) is 0 Å². The first-order chi connectivity index (χ1) is 14.8. The Hall–Kier alpha value is -3.40. The molecular formula is C21H20FN3O5S. The van der Waals surface area contributed by atoms with Gasteiger partial charge in [-0.05, 0) is 30.3 Å². The molecule has 0 aromatic heterocycles. The molecule has 31 heavy (non-hydrogen) atoms. The van der Waals surface area contributed by atoms with Gasteiger partial charge in [0, 0.05) is 12.7 Å². The lowest BCUT2D eigenvalue weighted by Crippen LogP contribution is -2.42. The molecule has 0 aliphatic carbocycles. The normalized spacial score (nSPS) is 13.3. The van der Waals surface area contributed by atoms with Crippen molar-refractivity contribution in [2.45, 2.75) is 13.0 Å². The van der Waals surface area contributed by atoms with E-state index >= 15 is 0 Å². The van der Waals surface area contributed by atoms with Gasteiger partial charge in [-0.15, -0.1) is 11.8 Å². The van der Waals surface area contributed by atoms with Crippen molar-refractivity contribution >= 4 is 52.5 Å². The summed E-state index contributed by atoms with van der Waals surface area (Å²) >= 11 is 1.12. The molecule has 1 aliphatic rings. The molecule has 0 spiro atoms. The van der Waals surface area contributed by atoms with E-state index in [1.165, 1.54) is 31.1 Å². The van der Waals surface area contributed by atoms with Crippen molar-refractivity contribution in [2.75, 3.05) is 28.8 Å². The summed E-state index contributed by atoms with van der Waals surface area (Å²) < 4.78 is 18.5. The van der Waals surface area contributed by atoms with Gasteiger partial charge < -0.3 is 15.4 Å². The van der Waals surface area contributed by atoms with Crippen LogP contribution in [-0.4, -0.2) is 48.3 Å². The van der Waals surface area contributed by atoms with Gasteiger partial charge in [0.2, 0.25) is 11.8 Å². The first-order valence-electron chi connectivity index (χ1n) is 9.27. The number of methoxy groups -OCH3 is 1. The third-order valence-corrected chi connectivity index (χ3v) is 5.48. The van der Waals surface area contributed by atoms with E-state index in [1.54, 1.807) is 24.3 Å². The van der Waals surface area contributed by atoms with Gasteiger partial charge in [0.05, 0.1) is 35.5 Å². The van der Waals surface area contributed by atoms with Crippen molar-refractivity contribution in [1.29, 1.82) is 0 Å². The molecule has 3 amide bonds. The number of nitrogens with zero attached hydrogens (tertiary/aromatic N) is 1. The number of fused-ring (bicyclic) bond motifs is 2. The van der Waals surface area contributed by atoms with Gasteiger partial charge in [0.15, 0.2) is 0 Å². The van der Waals surface area contributed by atoms with Crippen molar-refractivity contribution in [2.24, 2.45) is 0 Å². The number of thioether (sulfide) groups is 1. The summed E-state index contributed by atoms with van der Waals surface area (Å²) in [6, 6.07) is 9.48. The predicted molar refractivity (Wildman–Crippen MR) is 115 cm³/mol. The second-order valence-corrected chi connectivity index (χ2v) is 7.68. The number of ether oxygens (including phenoxy) is 1. The van der Waals surface area contributed by atoms with Crippen molar-refractivity contribution in [3.05, 3.63) is 53.8 Å². The van der Waals surface area contributed by atoms with Crippen LogP contribution in [0.15, 0.2) is 42.5 Å². The Morgan fingerprint density at radius 3 is 2.65 bits per heavy atom. The molecule has 2 aromatic rings. The third kappa shape index (κ3) is 5.02. The Labute approximate surface area is 182 Å². The number of carbonyl (C=O) groups excluding carboxylic acids is 4. The summed E-state index contributed by atoms with van der Waals surface area (Å²) in [5.74, 6) is -2.48. The molecule has 0 unspecified atom stereocenters. The molecular weight excluding hydrogens is 425 g/mol. The Kier molecular flexibility index (Phi) is 6.91. The number of esters is 1.